The molecule has 0 bridgehead atoms. The largest absolute Gasteiger partial charge is 0.465 e. The summed E-state index contributed by atoms with van der Waals surface area (Å²) >= 11 is 0. The number of methoxy groups -OCH3 is 1. The molecule has 3 aromatic rings. The van der Waals surface area contributed by atoms with Gasteiger partial charge in [-0.1, -0.05) is 6.42 Å². The second-order valence-corrected chi connectivity index (χ2v) is 7.45. The Kier molecular flexibility index (Phi) is 5.93. The minimum Gasteiger partial charge on any atom is -0.465 e. The zero-order chi connectivity index (χ0) is 22.7. The minimum atomic E-state index is -0.764. The second-order valence-electron chi connectivity index (χ2n) is 7.45. The van der Waals surface area contributed by atoms with E-state index in [1.807, 2.05) is 12.1 Å². The number of rotatable bonds is 5. The maximum absolute atomic E-state index is 12.7. The third-order valence-electron chi connectivity index (χ3n) is 5.32. The van der Waals surface area contributed by atoms with Crippen LogP contribution < -0.4 is 5.32 Å². The lowest BCUT2D eigenvalue weighted by molar-refractivity contribution is -0.384. The summed E-state index contributed by atoms with van der Waals surface area (Å²) in [4.78, 5) is 35.0. The minimum absolute atomic E-state index is 0.0218. The zero-order valence-electron chi connectivity index (χ0n) is 17.4. The van der Waals surface area contributed by atoms with Crippen molar-refractivity contribution in [1.82, 2.24) is 14.8 Å². The fourth-order valence-corrected chi connectivity index (χ4v) is 3.69. The van der Waals surface area contributed by atoms with Crippen molar-refractivity contribution in [2.45, 2.75) is 32.2 Å². The number of nitro groups is 1. The first kappa shape index (κ1) is 21.2. The first-order valence-electron chi connectivity index (χ1n) is 10.2. The van der Waals surface area contributed by atoms with Crippen molar-refractivity contribution >= 4 is 23.3 Å². The van der Waals surface area contributed by atoms with E-state index in [1.165, 1.54) is 12.5 Å². The molecule has 1 aromatic heterocycles. The molecule has 4 rings (SSSR count). The number of fused-ring (bicyclic) bond motifs is 1. The lowest BCUT2D eigenvalue weighted by Gasteiger charge is -2.09. The highest BCUT2D eigenvalue weighted by atomic mass is 16.6. The van der Waals surface area contributed by atoms with Gasteiger partial charge in [-0.3, -0.25) is 14.9 Å². The van der Waals surface area contributed by atoms with E-state index < -0.39 is 16.8 Å². The number of nitrogens with one attached hydrogen (secondary N) is 1. The van der Waals surface area contributed by atoms with Crippen LogP contribution in [0.25, 0.3) is 11.4 Å². The maximum atomic E-state index is 12.7. The van der Waals surface area contributed by atoms with Crippen LogP contribution in [0.3, 0.4) is 0 Å². The number of amides is 1. The summed E-state index contributed by atoms with van der Waals surface area (Å²) in [6.45, 7) is 0.880. The lowest BCUT2D eigenvalue weighted by atomic mass is 10.1. The van der Waals surface area contributed by atoms with Gasteiger partial charge in [-0.05, 0) is 43.2 Å². The summed E-state index contributed by atoms with van der Waals surface area (Å²) in [5.41, 5.74) is 0.912. The van der Waals surface area contributed by atoms with E-state index in [2.05, 4.69) is 24.8 Å². The number of ether oxygens (including phenoxy) is 1. The number of aromatic nitrogens is 3. The van der Waals surface area contributed by atoms with E-state index in [1.54, 1.807) is 12.1 Å². The summed E-state index contributed by atoms with van der Waals surface area (Å²) in [5.74, 6) is 0.436. The van der Waals surface area contributed by atoms with Gasteiger partial charge in [-0.25, -0.2) is 4.79 Å². The van der Waals surface area contributed by atoms with Gasteiger partial charge in [0.2, 0.25) is 0 Å². The summed E-state index contributed by atoms with van der Waals surface area (Å²) in [5, 5.41) is 22.5. The Balaban J connectivity index is 1.55. The van der Waals surface area contributed by atoms with E-state index in [-0.39, 0.29) is 16.8 Å². The number of nitro benzene ring substituents is 1. The molecule has 0 saturated heterocycles. The molecule has 1 aliphatic rings. The van der Waals surface area contributed by atoms with Crippen LogP contribution in [0, 0.1) is 10.1 Å². The van der Waals surface area contributed by atoms with Crippen LogP contribution in [0.5, 0.6) is 0 Å². The van der Waals surface area contributed by atoms with Gasteiger partial charge in [0.25, 0.3) is 11.6 Å². The molecule has 164 valence electrons. The fraction of sp³-hybridized carbons (Fsp3) is 0.273. The second kappa shape index (κ2) is 8.96. The van der Waals surface area contributed by atoms with E-state index in [4.69, 9.17) is 0 Å². The predicted molar refractivity (Wildman–Crippen MR) is 115 cm³/mol. The molecule has 2 aromatic carbocycles. The molecule has 2 heterocycles. The Bertz CT molecular complexity index is 1190. The summed E-state index contributed by atoms with van der Waals surface area (Å²) < 4.78 is 6.75. The van der Waals surface area contributed by atoms with E-state index in [0.29, 0.717) is 5.69 Å². The molecular weight excluding hydrogens is 414 g/mol. The average molecular weight is 435 g/mol. The lowest BCUT2D eigenvalue weighted by Crippen LogP contribution is -2.14. The Labute approximate surface area is 183 Å². The Morgan fingerprint density at radius 2 is 1.81 bits per heavy atom. The number of carbonyl (C=O) groups is 2. The van der Waals surface area contributed by atoms with Gasteiger partial charge in [-0.2, -0.15) is 0 Å². The smallest absolute Gasteiger partial charge is 0.338 e. The quantitative estimate of drug-likeness (QED) is 0.368. The number of non-ortho nitro benzene ring substituents is 1. The molecule has 1 N–H and O–H groups in total. The van der Waals surface area contributed by atoms with Crippen molar-refractivity contribution in [3.8, 4) is 11.4 Å². The van der Waals surface area contributed by atoms with Gasteiger partial charge in [0.15, 0.2) is 5.82 Å². The molecule has 0 saturated carbocycles. The number of anilines is 1. The number of benzene rings is 2. The van der Waals surface area contributed by atoms with E-state index in [9.17, 15) is 19.7 Å². The number of hydrogen-bond acceptors (Lipinski definition) is 7. The molecule has 0 unspecified atom stereocenters. The standard InChI is InChI=1S/C22H21N5O5/c1-32-22(29)16-11-15(12-18(13-16)27(30)31)21(28)23-17-8-6-14(7-9-17)20-25-24-19-5-3-2-4-10-26(19)20/h6-9,11-13H,2-5,10H2,1H3,(H,23,28). The van der Waals surface area contributed by atoms with Crippen molar-refractivity contribution in [2.24, 2.45) is 0 Å². The monoisotopic (exact) mass is 435 g/mol. The van der Waals surface area contributed by atoms with E-state index in [0.717, 1.165) is 62.3 Å². The molecule has 0 aliphatic carbocycles. The molecule has 0 atom stereocenters. The number of hydrogen-bond donors (Lipinski definition) is 1. The predicted octanol–water partition coefficient (Wildman–Crippen LogP) is 3.62. The Morgan fingerprint density at radius 1 is 1.06 bits per heavy atom. The first-order valence-corrected chi connectivity index (χ1v) is 10.2. The molecule has 10 nitrogen and oxygen atoms in total. The normalized spacial score (nSPS) is 13.0. The summed E-state index contributed by atoms with van der Waals surface area (Å²) in [6, 6.07) is 10.6. The molecule has 0 fully saturated rings. The number of aryl methyl sites for hydroxylation is 1. The highest BCUT2D eigenvalue weighted by molar-refractivity contribution is 6.06. The van der Waals surface area contributed by atoms with Crippen LogP contribution in [0.15, 0.2) is 42.5 Å². The molecule has 1 aliphatic heterocycles. The SMILES string of the molecule is COC(=O)c1cc(C(=O)Nc2ccc(-c3nnc4n3CCCCC4)cc2)cc([N+](=O)[O-])c1. The average Bonchev–Trinajstić information content (AvgIpc) is 3.06. The van der Waals surface area contributed by atoms with Crippen LogP contribution in [-0.4, -0.2) is 38.7 Å². The van der Waals surface area contributed by atoms with Crippen molar-refractivity contribution in [1.29, 1.82) is 0 Å². The van der Waals surface area contributed by atoms with Gasteiger partial charge in [0.1, 0.15) is 5.82 Å². The third-order valence-corrected chi connectivity index (χ3v) is 5.32. The van der Waals surface area contributed by atoms with Crippen LogP contribution in [0.1, 0.15) is 45.8 Å². The Hall–Kier alpha value is -4.08. The van der Waals surface area contributed by atoms with Crippen molar-refractivity contribution in [2.75, 3.05) is 12.4 Å². The highest BCUT2D eigenvalue weighted by Crippen LogP contribution is 2.25. The maximum Gasteiger partial charge on any atom is 0.338 e. The highest BCUT2D eigenvalue weighted by Gasteiger charge is 2.19. The molecule has 32 heavy (non-hydrogen) atoms. The van der Waals surface area contributed by atoms with Crippen molar-refractivity contribution < 1.29 is 19.2 Å². The topological polar surface area (TPSA) is 129 Å². The molecule has 1 amide bonds. The number of carbonyl (C=O) groups excluding carboxylic acids is 2. The summed E-state index contributed by atoms with van der Waals surface area (Å²) in [6.07, 6.45) is 4.28. The third kappa shape index (κ3) is 4.34. The molecule has 10 heteroatoms. The number of esters is 1. The first-order chi connectivity index (χ1) is 15.5. The Morgan fingerprint density at radius 3 is 2.53 bits per heavy atom. The molecule has 0 spiro atoms. The van der Waals surface area contributed by atoms with E-state index >= 15 is 0 Å². The summed E-state index contributed by atoms with van der Waals surface area (Å²) in [7, 11) is 1.16. The van der Waals surface area contributed by atoms with Gasteiger partial charge < -0.3 is 14.6 Å². The van der Waals surface area contributed by atoms with Crippen LogP contribution in [0.4, 0.5) is 11.4 Å². The molecule has 0 radical (unpaired) electrons. The fourth-order valence-electron chi connectivity index (χ4n) is 3.69. The van der Waals surface area contributed by atoms with Crippen LogP contribution in [0.2, 0.25) is 0 Å². The van der Waals surface area contributed by atoms with Gasteiger partial charge >= 0.3 is 5.97 Å². The van der Waals surface area contributed by atoms with Crippen LogP contribution >= 0.6 is 0 Å². The van der Waals surface area contributed by atoms with Crippen molar-refractivity contribution in [3.63, 3.8) is 0 Å². The zero-order valence-corrected chi connectivity index (χ0v) is 17.4. The number of nitrogens with zero attached hydrogens (tertiary/aromatic N) is 4. The van der Waals surface area contributed by atoms with Crippen LogP contribution in [-0.2, 0) is 17.7 Å². The van der Waals surface area contributed by atoms with Gasteiger partial charge in [-0.15, -0.1) is 10.2 Å². The van der Waals surface area contributed by atoms with Crippen molar-refractivity contribution in [3.05, 3.63) is 69.5 Å². The van der Waals surface area contributed by atoms with Gasteiger partial charge in [0.05, 0.1) is 17.6 Å². The van der Waals surface area contributed by atoms with Gasteiger partial charge in [0, 0.05) is 41.9 Å². The molecular formula is C22H21N5O5.